The van der Waals surface area contributed by atoms with Crippen LogP contribution in [0.3, 0.4) is 0 Å². The predicted octanol–water partition coefficient (Wildman–Crippen LogP) is 1.63. The van der Waals surface area contributed by atoms with E-state index < -0.39 is 5.82 Å². The molecule has 4 nitrogen and oxygen atoms in total. The molecule has 0 aliphatic rings. The molecule has 0 spiro atoms. The quantitative estimate of drug-likeness (QED) is 0.877. The minimum absolute atomic E-state index is 0.172. The fourth-order valence-electron chi connectivity index (χ4n) is 1.47. The Hall–Kier alpha value is -1.88. The van der Waals surface area contributed by atoms with E-state index in [-0.39, 0.29) is 19.0 Å². The van der Waals surface area contributed by atoms with E-state index in [1.165, 1.54) is 12.1 Å². The number of hydrogen-bond acceptors (Lipinski definition) is 3. The topological polar surface area (TPSA) is 47.3 Å². The van der Waals surface area contributed by atoms with Crippen LogP contribution in [0.15, 0.2) is 30.6 Å². The molecule has 17 heavy (non-hydrogen) atoms. The monoisotopic (exact) mass is 236 g/mol. The van der Waals surface area contributed by atoms with E-state index in [1.54, 1.807) is 30.2 Å². The number of benzene rings is 1. The second-order valence-corrected chi connectivity index (χ2v) is 3.73. The van der Waals surface area contributed by atoms with E-state index in [4.69, 9.17) is 9.84 Å². The van der Waals surface area contributed by atoms with Crippen molar-refractivity contribution >= 4 is 0 Å². The van der Waals surface area contributed by atoms with E-state index >= 15 is 0 Å². The van der Waals surface area contributed by atoms with Gasteiger partial charge in [0, 0.05) is 18.8 Å². The maximum absolute atomic E-state index is 13.5. The summed E-state index contributed by atoms with van der Waals surface area (Å²) in [6, 6.07) is 4.40. The van der Waals surface area contributed by atoms with Crippen molar-refractivity contribution in [3.8, 4) is 5.75 Å². The molecule has 0 saturated carbocycles. The molecule has 0 aliphatic carbocycles. The van der Waals surface area contributed by atoms with Gasteiger partial charge < -0.3 is 9.84 Å². The number of ether oxygens (including phenoxy) is 1. The summed E-state index contributed by atoms with van der Waals surface area (Å²) >= 11 is 0. The molecule has 2 rings (SSSR count). The summed E-state index contributed by atoms with van der Waals surface area (Å²) in [6.07, 6.45) is 3.47. The van der Waals surface area contributed by atoms with Gasteiger partial charge in [0.15, 0.2) is 11.6 Å². The smallest absolute Gasteiger partial charge is 0.165 e. The highest BCUT2D eigenvalue weighted by Gasteiger charge is 2.05. The number of aliphatic hydroxyl groups excluding tert-OH is 1. The molecule has 1 N–H and O–H groups in total. The molecule has 2 aromatic rings. The van der Waals surface area contributed by atoms with Crippen molar-refractivity contribution in [2.24, 2.45) is 7.05 Å². The van der Waals surface area contributed by atoms with Crippen LogP contribution in [0.2, 0.25) is 0 Å². The number of hydrogen-bond donors (Lipinski definition) is 1. The molecule has 5 heteroatoms. The minimum Gasteiger partial charge on any atom is -0.486 e. The van der Waals surface area contributed by atoms with Crippen LogP contribution < -0.4 is 4.74 Å². The second-order valence-electron chi connectivity index (χ2n) is 3.73. The van der Waals surface area contributed by atoms with E-state index in [0.717, 1.165) is 5.56 Å². The third-order valence-corrected chi connectivity index (χ3v) is 2.33. The van der Waals surface area contributed by atoms with E-state index in [2.05, 4.69) is 5.10 Å². The van der Waals surface area contributed by atoms with Gasteiger partial charge in [-0.25, -0.2) is 4.39 Å². The standard InChI is InChI=1S/C12H13FN2O2/c1-15-6-10(5-14-15)8-17-12-3-2-9(7-16)4-11(12)13/h2-6,16H,7-8H2,1H3. The van der Waals surface area contributed by atoms with Crippen LogP contribution in [-0.4, -0.2) is 14.9 Å². The van der Waals surface area contributed by atoms with Gasteiger partial charge in [-0.1, -0.05) is 6.07 Å². The molecule has 1 heterocycles. The third kappa shape index (κ3) is 2.82. The van der Waals surface area contributed by atoms with Crippen molar-refractivity contribution < 1.29 is 14.2 Å². The Morgan fingerprint density at radius 3 is 2.82 bits per heavy atom. The fraction of sp³-hybridized carbons (Fsp3) is 0.250. The first-order chi connectivity index (χ1) is 8.19. The Morgan fingerprint density at radius 2 is 2.24 bits per heavy atom. The normalized spacial score (nSPS) is 10.5. The summed E-state index contributed by atoms with van der Waals surface area (Å²) < 4.78 is 20.5. The van der Waals surface area contributed by atoms with Crippen LogP contribution >= 0.6 is 0 Å². The molecule has 1 aromatic heterocycles. The Labute approximate surface area is 98.3 Å². The summed E-state index contributed by atoms with van der Waals surface area (Å²) in [5, 5.41) is 12.8. The molecule has 0 unspecified atom stereocenters. The highest BCUT2D eigenvalue weighted by molar-refractivity contribution is 5.29. The lowest BCUT2D eigenvalue weighted by Gasteiger charge is -2.06. The molecule has 0 saturated heterocycles. The number of rotatable bonds is 4. The Bertz CT molecular complexity index is 511. The summed E-state index contributed by atoms with van der Waals surface area (Å²) in [4.78, 5) is 0. The van der Waals surface area contributed by atoms with E-state index in [0.29, 0.717) is 5.56 Å². The SMILES string of the molecule is Cn1cc(COc2ccc(CO)cc2F)cn1. The molecular formula is C12H13FN2O2. The van der Waals surface area contributed by atoms with E-state index in [9.17, 15) is 4.39 Å². The van der Waals surface area contributed by atoms with Gasteiger partial charge in [0.05, 0.1) is 12.8 Å². The van der Waals surface area contributed by atoms with Gasteiger partial charge in [-0.2, -0.15) is 5.10 Å². The number of aromatic nitrogens is 2. The zero-order valence-corrected chi connectivity index (χ0v) is 9.43. The highest BCUT2D eigenvalue weighted by Crippen LogP contribution is 2.19. The Balaban J connectivity index is 2.04. The van der Waals surface area contributed by atoms with Gasteiger partial charge in [0.2, 0.25) is 0 Å². The van der Waals surface area contributed by atoms with Crippen LogP contribution in [-0.2, 0) is 20.3 Å². The first kappa shape index (κ1) is 11.6. The molecular weight excluding hydrogens is 223 g/mol. The first-order valence-corrected chi connectivity index (χ1v) is 5.18. The summed E-state index contributed by atoms with van der Waals surface area (Å²) in [7, 11) is 1.81. The average molecular weight is 236 g/mol. The first-order valence-electron chi connectivity index (χ1n) is 5.18. The molecule has 0 radical (unpaired) electrons. The van der Waals surface area contributed by atoms with Gasteiger partial charge in [-0.15, -0.1) is 0 Å². The summed E-state index contributed by atoms with van der Waals surface area (Å²) in [5.74, 6) is -0.300. The van der Waals surface area contributed by atoms with Crippen LogP contribution in [0.5, 0.6) is 5.75 Å². The average Bonchev–Trinajstić information content (AvgIpc) is 2.73. The van der Waals surface area contributed by atoms with Crippen molar-refractivity contribution in [3.05, 3.63) is 47.5 Å². The highest BCUT2D eigenvalue weighted by atomic mass is 19.1. The maximum atomic E-state index is 13.5. The third-order valence-electron chi connectivity index (χ3n) is 2.33. The van der Waals surface area contributed by atoms with Gasteiger partial charge in [0.25, 0.3) is 0 Å². The lowest BCUT2D eigenvalue weighted by Crippen LogP contribution is -1.97. The summed E-state index contributed by atoms with van der Waals surface area (Å²) in [6.45, 7) is 0.0863. The molecule has 90 valence electrons. The lowest BCUT2D eigenvalue weighted by atomic mass is 10.2. The van der Waals surface area contributed by atoms with E-state index in [1.807, 2.05) is 0 Å². The molecule has 0 amide bonds. The summed E-state index contributed by atoms with van der Waals surface area (Å²) in [5.41, 5.74) is 1.40. The number of aryl methyl sites for hydroxylation is 1. The molecule has 0 bridgehead atoms. The predicted molar refractivity (Wildman–Crippen MR) is 59.9 cm³/mol. The molecule has 1 aromatic carbocycles. The zero-order valence-electron chi connectivity index (χ0n) is 9.43. The maximum Gasteiger partial charge on any atom is 0.165 e. The second kappa shape index (κ2) is 4.97. The van der Waals surface area contributed by atoms with Gasteiger partial charge in [-0.3, -0.25) is 4.68 Å². The number of aliphatic hydroxyl groups is 1. The largest absolute Gasteiger partial charge is 0.486 e. The molecule has 0 fully saturated rings. The van der Waals surface area contributed by atoms with Crippen LogP contribution in [0.1, 0.15) is 11.1 Å². The molecule has 0 aliphatic heterocycles. The van der Waals surface area contributed by atoms with Crippen molar-refractivity contribution in [1.82, 2.24) is 9.78 Å². The van der Waals surface area contributed by atoms with Gasteiger partial charge in [0.1, 0.15) is 6.61 Å². The van der Waals surface area contributed by atoms with Crippen molar-refractivity contribution in [2.75, 3.05) is 0 Å². The molecule has 0 atom stereocenters. The Morgan fingerprint density at radius 1 is 1.41 bits per heavy atom. The lowest BCUT2D eigenvalue weighted by molar-refractivity contribution is 0.276. The minimum atomic E-state index is -0.472. The zero-order chi connectivity index (χ0) is 12.3. The van der Waals surface area contributed by atoms with Crippen molar-refractivity contribution in [1.29, 1.82) is 0 Å². The van der Waals surface area contributed by atoms with Gasteiger partial charge >= 0.3 is 0 Å². The van der Waals surface area contributed by atoms with Gasteiger partial charge in [-0.05, 0) is 17.7 Å². The van der Waals surface area contributed by atoms with Crippen molar-refractivity contribution in [3.63, 3.8) is 0 Å². The number of nitrogens with zero attached hydrogens (tertiary/aromatic N) is 2. The van der Waals surface area contributed by atoms with Crippen LogP contribution in [0.25, 0.3) is 0 Å². The van der Waals surface area contributed by atoms with Crippen LogP contribution in [0, 0.1) is 5.82 Å². The Kier molecular flexibility index (Phi) is 3.39. The number of halogens is 1. The van der Waals surface area contributed by atoms with Crippen molar-refractivity contribution in [2.45, 2.75) is 13.2 Å². The van der Waals surface area contributed by atoms with Crippen LogP contribution in [0.4, 0.5) is 4.39 Å². The fourth-order valence-corrected chi connectivity index (χ4v) is 1.47.